The molecule has 0 saturated carbocycles. The third kappa shape index (κ3) is 2.48. The van der Waals surface area contributed by atoms with Gasteiger partial charge in [0.2, 0.25) is 5.91 Å². The lowest BCUT2D eigenvalue weighted by Crippen LogP contribution is -2.41. The first kappa shape index (κ1) is 9.52. The van der Waals surface area contributed by atoms with Gasteiger partial charge in [0, 0.05) is 25.6 Å². The quantitative estimate of drug-likeness (QED) is 0.625. The smallest absolute Gasteiger partial charge is 0.224 e. The van der Waals surface area contributed by atoms with E-state index in [9.17, 15) is 4.79 Å². The highest BCUT2D eigenvalue weighted by molar-refractivity contribution is 5.76. The zero-order chi connectivity index (χ0) is 8.97. The molecular weight excluding hydrogens is 152 g/mol. The molecule has 3 nitrogen and oxygen atoms in total. The fourth-order valence-corrected chi connectivity index (χ4v) is 1.54. The van der Waals surface area contributed by atoms with Crippen molar-refractivity contribution in [3.05, 3.63) is 0 Å². The van der Waals surface area contributed by atoms with Crippen LogP contribution in [0.5, 0.6) is 0 Å². The Hall–Kier alpha value is -0.570. The molecule has 70 valence electrons. The minimum absolute atomic E-state index is 0.289. The second kappa shape index (κ2) is 4.45. The molecule has 12 heavy (non-hydrogen) atoms. The average Bonchev–Trinajstić information content (AvgIpc) is 2.01. The monoisotopic (exact) mass is 170 g/mol. The normalized spacial score (nSPS) is 26.7. The van der Waals surface area contributed by atoms with Crippen LogP contribution in [0, 0.1) is 0 Å². The predicted molar refractivity (Wildman–Crippen MR) is 49.0 cm³/mol. The molecule has 1 N–H and O–H groups in total. The van der Waals surface area contributed by atoms with E-state index in [1.165, 1.54) is 0 Å². The van der Waals surface area contributed by atoms with Crippen LogP contribution in [0.1, 0.15) is 26.7 Å². The fraction of sp³-hybridized carbons (Fsp3) is 0.889. The molecule has 1 heterocycles. The van der Waals surface area contributed by atoms with Crippen molar-refractivity contribution in [3.63, 3.8) is 0 Å². The van der Waals surface area contributed by atoms with Crippen LogP contribution in [-0.2, 0) is 4.79 Å². The zero-order valence-corrected chi connectivity index (χ0v) is 7.97. The Morgan fingerprint density at radius 3 is 3.08 bits per heavy atom. The molecule has 0 spiro atoms. The molecule has 0 aliphatic carbocycles. The fourth-order valence-electron chi connectivity index (χ4n) is 1.54. The molecular formula is C9H18N2O. The maximum Gasteiger partial charge on any atom is 0.224 e. The lowest BCUT2D eigenvalue weighted by atomic mass is 10.1. The first-order valence-electron chi connectivity index (χ1n) is 4.75. The SMILES string of the molecule is CCN1CCCNC(C)CC1=O. The molecule has 1 rings (SSSR count). The van der Waals surface area contributed by atoms with E-state index in [0.29, 0.717) is 12.5 Å². The van der Waals surface area contributed by atoms with Crippen molar-refractivity contribution in [1.82, 2.24) is 10.2 Å². The summed E-state index contributed by atoms with van der Waals surface area (Å²) in [4.78, 5) is 13.4. The van der Waals surface area contributed by atoms with E-state index >= 15 is 0 Å². The van der Waals surface area contributed by atoms with Crippen LogP contribution in [-0.4, -0.2) is 36.5 Å². The largest absolute Gasteiger partial charge is 0.343 e. The molecule has 3 heteroatoms. The number of hydrogen-bond donors (Lipinski definition) is 1. The van der Waals surface area contributed by atoms with Gasteiger partial charge in [-0.05, 0) is 26.8 Å². The van der Waals surface area contributed by atoms with Gasteiger partial charge in [-0.2, -0.15) is 0 Å². The molecule has 0 aromatic rings. The molecule has 1 aliphatic rings. The summed E-state index contributed by atoms with van der Waals surface area (Å²) < 4.78 is 0. The summed E-state index contributed by atoms with van der Waals surface area (Å²) in [5.74, 6) is 0.289. The van der Waals surface area contributed by atoms with Crippen molar-refractivity contribution in [2.75, 3.05) is 19.6 Å². The van der Waals surface area contributed by atoms with E-state index in [0.717, 1.165) is 26.1 Å². The first-order valence-corrected chi connectivity index (χ1v) is 4.75. The minimum atomic E-state index is 0.289. The number of carbonyl (C=O) groups excluding carboxylic acids is 1. The van der Waals surface area contributed by atoms with Crippen molar-refractivity contribution >= 4 is 5.91 Å². The predicted octanol–water partition coefficient (Wildman–Crippen LogP) is 0.607. The standard InChI is InChI=1S/C9H18N2O/c1-3-11-6-4-5-10-8(2)7-9(11)12/h8,10H,3-7H2,1-2H3. The topological polar surface area (TPSA) is 32.3 Å². The summed E-state index contributed by atoms with van der Waals surface area (Å²) in [5.41, 5.74) is 0. The number of amides is 1. The number of nitrogens with zero attached hydrogens (tertiary/aromatic N) is 1. The summed E-state index contributed by atoms with van der Waals surface area (Å²) in [7, 11) is 0. The Bertz CT molecular complexity index is 159. The Kier molecular flexibility index (Phi) is 3.53. The highest BCUT2D eigenvalue weighted by atomic mass is 16.2. The Morgan fingerprint density at radius 2 is 2.42 bits per heavy atom. The summed E-state index contributed by atoms with van der Waals surface area (Å²) in [6, 6.07) is 0.340. The molecule has 1 atom stereocenters. The van der Waals surface area contributed by atoms with E-state index < -0.39 is 0 Å². The molecule has 1 amide bonds. The van der Waals surface area contributed by atoms with Crippen LogP contribution < -0.4 is 5.32 Å². The number of carbonyl (C=O) groups is 1. The maximum absolute atomic E-state index is 11.5. The highest BCUT2D eigenvalue weighted by Gasteiger charge is 2.16. The number of rotatable bonds is 1. The van der Waals surface area contributed by atoms with Gasteiger partial charge < -0.3 is 10.2 Å². The van der Waals surface area contributed by atoms with Crippen molar-refractivity contribution in [2.45, 2.75) is 32.7 Å². The lowest BCUT2D eigenvalue weighted by molar-refractivity contribution is -0.131. The molecule has 0 aromatic heterocycles. The Morgan fingerprint density at radius 1 is 1.67 bits per heavy atom. The number of nitrogens with one attached hydrogen (secondary N) is 1. The molecule has 1 unspecified atom stereocenters. The van der Waals surface area contributed by atoms with Gasteiger partial charge in [0.1, 0.15) is 0 Å². The second-order valence-corrected chi connectivity index (χ2v) is 3.39. The van der Waals surface area contributed by atoms with E-state index in [1.807, 2.05) is 11.8 Å². The van der Waals surface area contributed by atoms with Crippen molar-refractivity contribution in [3.8, 4) is 0 Å². The lowest BCUT2D eigenvalue weighted by Gasteiger charge is -2.26. The minimum Gasteiger partial charge on any atom is -0.343 e. The van der Waals surface area contributed by atoms with Crippen molar-refractivity contribution in [2.24, 2.45) is 0 Å². The summed E-state index contributed by atoms with van der Waals surface area (Å²) in [5, 5.41) is 3.31. The van der Waals surface area contributed by atoms with Gasteiger partial charge in [0.15, 0.2) is 0 Å². The molecule has 1 aliphatic heterocycles. The maximum atomic E-state index is 11.5. The highest BCUT2D eigenvalue weighted by Crippen LogP contribution is 2.03. The van der Waals surface area contributed by atoms with Gasteiger partial charge >= 0.3 is 0 Å². The molecule has 1 saturated heterocycles. The van der Waals surface area contributed by atoms with Crippen molar-refractivity contribution in [1.29, 1.82) is 0 Å². The van der Waals surface area contributed by atoms with Crippen LogP contribution in [0.2, 0.25) is 0 Å². The van der Waals surface area contributed by atoms with Crippen LogP contribution in [0.4, 0.5) is 0 Å². The first-order chi connectivity index (χ1) is 5.74. The summed E-state index contributed by atoms with van der Waals surface area (Å²) in [6.45, 7) is 6.90. The Labute approximate surface area is 74.1 Å². The van der Waals surface area contributed by atoms with Gasteiger partial charge in [-0.3, -0.25) is 4.79 Å². The van der Waals surface area contributed by atoms with Crippen molar-refractivity contribution < 1.29 is 4.79 Å². The van der Waals surface area contributed by atoms with Gasteiger partial charge in [0.05, 0.1) is 0 Å². The van der Waals surface area contributed by atoms with Gasteiger partial charge in [-0.15, -0.1) is 0 Å². The second-order valence-electron chi connectivity index (χ2n) is 3.39. The Balaban J connectivity index is 2.48. The average molecular weight is 170 g/mol. The number of hydrogen-bond acceptors (Lipinski definition) is 2. The summed E-state index contributed by atoms with van der Waals surface area (Å²) in [6.07, 6.45) is 1.72. The van der Waals surface area contributed by atoms with Crippen LogP contribution in [0.3, 0.4) is 0 Å². The van der Waals surface area contributed by atoms with Crippen LogP contribution >= 0.6 is 0 Å². The van der Waals surface area contributed by atoms with E-state index in [1.54, 1.807) is 0 Å². The van der Waals surface area contributed by atoms with Crippen LogP contribution in [0.25, 0.3) is 0 Å². The van der Waals surface area contributed by atoms with E-state index in [-0.39, 0.29) is 5.91 Å². The van der Waals surface area contributed by atoms with Gasteiger partial charge in [0.25, 0.3) is 0 Å². The third-order valence-corrected chi connectivity index (χ3v) is 2.31. The zero-order valence-electron chi connectivity index (χ0n) is 7.97. The molecule has 0 radical (unpaired) electrons. The van der Waals surface area contributed by atoms with E-state index in [4.69, 9.17) is 0 Å². The van der Waals surface area contributed by atoms with E-state index in [2.05, 4.69) is 12.2 Å². The third-order valence-electron chi connectivity index (χ3n) is 2.31. The van der Waals surface area contributed by atoms with Gasteiger partial charge in [-0.1, -0.05) is 0 Å². The van der Waals surface area contributed by atoms with Gasteiger partial charge in [-0.25, -0.2) is 0 Å². The molecule has 0 aromatic carbocycles. The molecule has 1 fully saturated rings. The van der Waals surface area contributed by atoms with Crippen LogP contribution in [0.15, 0.2) is 0 Å². The summed E-state index contributed by atoms with van der Waals surface area (Å²) >= 11 is 0. The molecule has 0 bridgehead atoms.